The third-order valence-electron chi connectivity index (χ3n) is 1.88. The maximum Gasteiger partial charge on any atom is 0.0924 e. The average Bonchev–Trinajstić information content (AvgIpc) is 2.19. The zero-order valence-electron chi connectivity index (χ0n) is 6.88. The zero-order chi connectivity index (χ0) is 9.10. The number of aromatic nitrogens is 1. The Morgan fingerprint density at radius 3 is 2.92 bits per heavy atom. The molecule has 0 aliphatic heterocycles. The number of nitrogens with zero attached hydrogens (tertiary/aromatic N) is 2. The number of hydrogen-bond donors (Lipinski definition) is 1. The van der Waals surface area contributed by atoms with Crippen LogP contribution in [-0.4, -0.2) is 16.4 Å². The lowest BCUT2D eigenvalue weighted by Gasteiger charge is -1.98. The van der Waals surface area contributed by atoms with Gasteiger partial charge in [-0.05, 0) is 11.5 Å². The fraction of sp³-hybridized carbons (Fsp3) is 0. The number of benzene rings is 1. The number of pyridine rings is 1. The molecule has 0 atom stereocenters. The van der Waals surface area contributed by atoms with E-state index in [1.54, 1.807) is 6.20 Å². The Balaban J connectivity index is 2.75. The molecular formula is C10H8N2O. The zero-order valence-corrected chi connectivity index (χ0v) is 6.88. The highest BCUT2D eigenvalue weighted by Crippen LogP contribution is 2.14. The van der Waals surface area contributed by atoms with Gasteiger partial charge in [0.05, 0.1) is 11.9 Å². The van der Waals surface area contributed by atoms with Crippen LogP contribution in [0.25, 0.3) is 10.8 Å². The molecule has 0 unspecified atom stereocenters. The standard InChI is InChI=1S/C10H8N2O/c13-12-7-10-9-4-2-1-3-8(9)5-6-11-10/h1-7,13H/b12-7-. The van der Waals surface area contributed by atoms with Gasteiger partial charge in [-0.1, -0.05) is 29.4 Å². The summed E-state index contributed by atoms with van der Waals surface area (Å²) in [5.74, 6) is 0. The van der Waals surface area contributed by atoms with Gasteiger partial charge in [0.2, 0.25) is 0 Å². The Bertz CT molecular complexity index is 446. The van der Waals surface area contributed by atoms with E-state index in [1.165, 1.54) is 6.21 Å². The van der Waals surface area contributed by atoms with E-state index in [9.17, 15) is 0 Å². The molecule has 0 aliphatic rings. The van der Waals surface area contributed by atoms with Gasteiger partial charge in [-0.25, -0.2) is 0 Å². The van der Waals surface area contributed by atoms with E-state index in [-0.39, 0.29) is 0 Å². The van der Waals surface area contributed by atoms with Gasteiger partial charge in [-0.15, -0.1) is 0 Å². The fourth-order valence-corrected chi connectivity index (χ4v) is 1.30. The second kappa shape index (κ2) is 3.23. The predicted octanol–water partition coefficient (Wildman–Crippen LogP) is 2.04. The quantitative estimate of drug-likeness (QED) is 0.406. The molecule has 64 valence electrons. The molecule has 0 saturated heterocycles. The number of rotatable bonds is 1. The summed E-state index contributed by atoms with van der Waals surface area (Å²) in [5.41, 5.74) is 0.681. The van der Waals surface area contributed by atoms with Crippen molar-refractivity contribution in [1.29, 1.82) is 0 Å². The van der Waals surface area contributed by atoms with Crippen LogP contribution < -0.4 is 0 Å². The van der Waals surface area contributed by atoms with Gasteiger partial charge < -0.3 is 5.21 Å². The molecule has 0 amide bonds. The summed E-state index contributed by atoms with van der Waals surface area (Å²) >= 11 is 0. The summed E-state index contributed by atoms with van der Waals surface area (Å²) in [4.78, 5) is 4.09. The summed E-state index contributed by atoms with van der Waals surface area (Å²) in [6.07, 6.45) is 3.03. The molecule has 3 nitrogen and oxygen atoms in total. The molecule has 0 spiro atoms. The molecule has 1 aromatic carbocycles. The van der Waals surface area contributed by atoms with Crippen molar-refractivity contribution >= 4 is 17.0 Å². The van der Waals surface area contributed by atoms with Crippen molar-refractivity contribution in [3.63, 3.8) is 0 Å². The van der Waals surface area contributed by atoms with E-state index in [1.807, 2.05) is 30.3 Å². The molecule has 1 N–H and O–H groups in total. The predicted molar refractivity (Wildman–Crippen MR) is 51.1 cm³/mol. The Labute approximate surface area is 75.3 Å². The van der Waals surface area contributed by atoms with Crippen molar-refractivity contribution in [3.8, 4) is 0 Å². The van der Waals surface area contributed by atoms with Gasteiger partial charge in [0.1, 0.15) is 0 Å². The second-order valence-corrected chi connectivity index (χ2v) is 2.66. The first kappa shape index (κ1) is 7.73. The van der Waals surface area contributed by atoms with Crippen LogP contribution in [0.1, 0.15) is 5.69 Å². The summed E-state index contributed by atoms with van der Waals surface area (Å²) in [7, 11) is 0. The van der Waals surface area contributed by atoms with Gasteiger partial charge in [-0.3, -0.25) is 4.98 Å². The third-order valence-corrected chi connectivity index (χ3v) is 1.88. The van der Waals surface area contributed by atoms with E-state index in [4.69, 9.17) is 5.21 Å². The largest absolute Gasteiger partial charge is 0.411 e. The highest BCUT2D eigenvalue weighted by molar-refractivity contribution is 5.97. The normalized spacial score (nSPS) is 11.1. The molecule has 0 aliphatic carbocycles. The lowest BCUT2D eigenvalue weighted by Crippen LogP contribution is -1.88. The van der Waals surface area contributed by atoms with E-state index in [0.717, 1.165) is 10.8 Å². The van der Waals surface area contributed by atoms with Crippen LogP contribution in [0.3, 0.4) is 0 Å². The first-order valence-electron chi connectivity index (χ1n) is 3.93. The van der Waals surface area contributed by atoms with Gasteiger partial charge in [0, 0.05) is 11.6 Å². The molecule has 0 saturated carbocycles. The molecular weight excluding hydrogens is 164 g/mol. The lowest BCUT2D eigenvalue weighted by atomic mass is 10.1. The minimum absolute atomic E-state index is 0.681. The van der Waals surface area contributed by atoms with Crippen LogP contribution in [0.2, 0.25) is 0 Å². The van der Waals surface area contributed by atoms with Crippen molar-refractivity contribution < 1.29 is 5.21 Å². The Morgan fingerprint density at radius 2 is 2.08 bits per heavy atom. The summed E-state index contributed by atoms with van der Waals surface area (Å²) < 4.78 is 0. The van der Waals surface area contributed by atoms with E-state index >= 15 is 0 Å². The molecule has 0 bridgehead atoms. The van der Waals surface area contributed by atoms with Crippen LogP contribution in [0.4, 0.5) is 0 Å². The number of oxime groups is 1. The van der Waals surface area contributed by atoms with Crippen LogP contribution in [0.5, 0.6) is 0 Å². The molecule has 3 heteroatoms. The first-order valence-corrected chi connectivity index (χ1v) is 3.93. The van der Waals surface area contributed by atoms with Crippen molar-refractivity contribution in [2.45, 2.75) is 0 Å². The highest BCUT2D eigenvalue weighted by Gasteiger charge is 1.97. The number of hydrogen-bond acceptors (Lipinski definition) is 3. The SMILES string of the molecule is O/N=C\c1nccc2ccccc12. The maximum absolute atomic E-state index is 8.41. The lowest BCUT2D eigenvalue weighted by molar-refractivity contribution is 0.321. The van der Waals surface area contributed by atoms with Crippen molar-refractivity contribution in [2.24, 2.45) is 5.16 Å². The van der Waals surface area contributed by atoms with E-state index < -0.39 is 0 Å². The Kier molecular flexibility index (Phi) is 1.92. The van der Waals surface area contributed by atoms with E-state index in [0.29, 0.717) is 5.69 Å². The van der Waals surface area contributed by atoms with Crippen molar-refractivity contribution in [1.82, 2.24) is 4.98 Å². The summed E-state index contributed by atoms with van der Waals surface area (Å²) in [6, 6.07) is 9.75. The van der Waals surface area contributed by atoms with Crippen molar-refractivity contribution in [2.75, 3.05) is 0 Å². The Morgan fingerprint density at radius 1 is 1.23 bits per heavy atom. The molecule has 1 aromatic heterocycles. The smallest absolute Gasteiger partial charge is 0.0924 e. The topological polar surface area (TPSA) is 45.5 Å². The fourth-order valence-electron chi connectivity index (χ4n) is 1.30. The third kappa shape index (κ3) is 1.36. The van der Waals surface area contributed by atoms with Crippen LogP contribution in [0, 0.1) is 0 Å². The van der Waals surface area contributed by atoms with Crippen LogP contribution in [-0.2, 0) is 0 Å². The summed E-state index contributed by atoms with van der Waals surface area (Å²) in [5, 5.41) is 13.5. The van der Waals surface area contributed by atoms with Crippen LogP contribution in [0.15, 0.2) is 41.7 Å². The monoisotopic (exact) mass is 172 g/mol. The van der Waals surface area contributed by atoms with Gasteiger partial charge in [0.15, 0.2) is 0 Å². The van der Waals surface area contributed by atoms with Crippen LogP contribution >= 0.6 is 0 Å². The van der Waals surface area contributed by atoms with E-state index in [2.05, 4.69) is 10.1 Å². The molecule has 1 heterocycles. The van der Waals surface area contributed by atoms with Gasteiger partial charge in [0.25, 0.3) is 0 Å². The van der Waals surface area contributed by atoms with Crippen molar-refractivity contribution in [3.05, 3.63) is 42.2 Å². The average molecular weight is 172 g/mol. The minimum Gasteiger partial charge on any atom is -0.411 e. The molecule has 0 fully saturated rings. The van der Waals surface area contributed by atoms with Gasteiger partial charge >= 0.3 is 0 Å². The molecule has 13 heavy (non-hydrogen) atoms. The molecule has 2 aromatic rings. The summed E-state index contributed by atoms with van der Waals surface area (Å²) in [6.45, 7) is 0. The first-order chi connectivity index (χ1) is 6.42. The van der Waals surface area contributed by atoms with Gasteiger partial charge in [-0.2, -0.15) is 0 Å². The number of fused-ring (bicyclic) bond motifs is 1. The minimum atomic E-state index is 0.681. The Hall–Kier alpha value is -1.90. The maximum atomic E-state index is 8.41. The second-order valence-electron chi connectivity index (χ2n) is 2.66. The molecule has 0 radical (unpaired) electrons. The molecule has 2 rings (SSSR count). The highest BCUT2D eigenvalue weighted by atomic mass is 16.4.